The molecule has 0 aromatic heterocycles. The quantitative estimate of drug-likeness (QED) is 0.201. The summed E-state index contributed by atoms with van der Waals surface area (Å²) in [6.07, 6.45) is 15.7. The summed E-state index contributed by atoms with van der Waals surface area (Å²) in [6.45, 7) is 13.4. The number of benzene rings is 2. The molecule has 1 unspecified atom stereocenters. The second-order valence-electron chi connectivity index (χ2n) is 12.1. The predicted octanol–water partition coefficient (Wildman–Crippen LogP) is 9.87. The molecule has 0 fully saturated rings. The van der Waals surface area contributed by atoms with Crippen LogP contribution in [0.5, 0.6) is 0 Å². The number of aryl methyl sites for hydroxylation is 2. The summed E-state index contributed by atoms with van der Waals surface area (Å²) in [6, 6.07) is 11.7. The fourth-order valence-electron chi connectivity index (χ4n) is 5.39. The van der Waals surface area contributed by atoms with E-state index in [4.69, 9.17) is 0 Å². The van der Waals surface area contributed by atoms with Crippen molar-refractivity contribution in [2.75, 3.05) is 0 Å². The zero-order chi connectivity index (χ0) is 27.7. The van der Waals surface area contributed by atoms with E-state index in [-0.39, 0.29) is 11.6 Å². The van der Waals surface area contributed by atoms with Crippen LogP contribution in [0.1, 0.15) is 136 Å². The number of fused-ring (bicyclic) bond motifs is 2. The third kappa shape index (κ3) is 8.65. The molecule has 0 bridgehead atoms. The van der Waals surface area contributed by atoms with Crippen molar-refractivity contribution in [1.82, 2.24) is 0 Å². The van der Waals surface area contributed by atoms with Gasteiger partial charge in [-0.2, -0.15) is 0 Å². The van der Waals surface area contributed by atoms with Crippen molar-refractivity contribution in [2.45, 2.75) is 106 Å². The Balaban J connectivity index is 1.61. The number of hydrogen-bond donors (Lipinski definition) is 0. The molecular formula is C36H48O2. The van der Waals surface area contributed by atoms with Gasteiger partial charge in [0, 0.05) is 22.3 Å². The normalized spacial score (nSPS) is 13.9. The van der Waals surface area contributed by atoms with Gasteiger partial charge in [-0.15, -0.1) is 0 Å². The van der Waals surface area contributed by atoms with Crippen molar-refractivity contribution in [3.63, 3.8) is 0 Å². The van der Waals surface area contributed by atoms with Gasteiger partial charge < -0.3 is 0 Å². The molecule has 0 amide bonds. The molecule has 0 saturated carbocycles. The first-order valence-electron chi connectivity index (χ1n) is 14.8. The highest BCUT2D eigenvalue weighted by atomic mass is 16.1. The van der Waals surface area contributed by atoms with Crippen molar-refractivity contribution in [3.05, 3.63) is 93.1 Å². The fourth-order valence-corrected chi connectivity index (χ4v) is 5.39. The minimum absolute atomic E-state index is 0.00574. The lowest BCUT2D eigenvalue weighted by Gasteiger charge is -2.19. The molecule has 0 aliphatic heterocycles. The summed E-state index contributed by atoms with van der Waals surface area (Å²) in [5.41, 5.74) is 7.35. The molecule has 1 aliphatic rings. The summed E-state index contributed by atoms with van der Waals surface area (Å²) < 4.78 is 0. The number of carbonyl (C=O) groups is 2. The molecule has 0 saturated heterocycles. The average Bonchev–Trinajstić information content (AvgIpc) is 2.86. The van der Waals surface area contributed by atoms with Crippen molar-refractivity contribution in [1.29, 1.82) is 0 Å². The van der Waals surface area contributed by atoms with E-state index in [1.54, 1.807) is 0 Å². The summed E-state index contributed by atoms with van der Waals surface area (Å²) >= 11 is 0. The lowest BCUT2D eigenvalue weighted by molar-refractivity contribution is 0.0979. The Hall–Kier alpha value is -2.74. The van der Waals surface area contributed by atoms with E-state index in [1.807, 2.05) is 36.4 Å². The van der Waals surface area contributed by atoms with Crippen LogP contribution < -0.4 is 0 Å². The van der Waals surface area contributed by atoms with Crippen LogP contribution in [0.3, 0.4) is 0 Å². The first kappa shape index (κ1) is 29.8. The molecule has 1 atom stereocenters. The lowest BCUT2D eigenvalue weighted by Crippen LogP contribution is -2.21. The van der Waals surface area contributed by atoms with Crippen LogP contribution in [0.15, 0.2) is 59.7 Å². The highest BCUT2D eigenvalue weighted by Gasteiger charge is 2.29. The van der Waals surface area contributed by atoms with Gasteiger partial charge in [-0.05, 0) is 107 Å². The van der Waals surface area contributed by atoms with Crippen molar-refractivity contribution >= 4 is 11.6 Å². The maximum Gasteiger partial charge on any atom is 0.194 e. The van der Waals surface area contributed by atoms with Gasteiger partial charge in [-0.25, -0.2) is 0 Å². The molecule has 0 radical (unpaired) electrons. The SMILES string of the molecule is CC(C)=CCCC(C)CCCc1ccc2c(c1)C(=O)c1cc(CCC=C(C)CCCC(C)C)ccc1C2=O. The Morgan fingerprint density at radius 2 is 1.29 bits per heavy atom. The molecule has 2 aromatic carbocycles. The van der Waals surface area contributed by atoms with Crippen LogP contribution in [-0.2, 0) is 12.8 Å². The monoisotopic (exact) mass is 512 g/mol. The maximum absolute atomic E-state index is 13.5. The van der Waals surface area contributed by atoms with Gasteiger partial charge in [0.2, 0.25) is 0 Å². The van der Waals surface area contributed by atoms with Gasteiger partial charge >= 0.3 is 0 Å². The zero-order valence-electron chi connectivity index (χ0n) is 24.7. The molecule has 3 rings (SSSR count). The zero-order valence-corrected chi connectivity index (χ0v) is 24.7. The summed E-state index contributed by atoms with van der Waals surface area (Å²) in [4.78, 5) is 26.7. The number of rotatable bonds is 14. The Labute approximate surface area is 231 Å². The van der Waals surface area contributed by atoms with Crippen LogP contribution in [0.4, 0.5) is 0 Å². The maximum atomic E-state index is 13.5. The van der Waals surface area contributed by atoms with Gasteiger partial charge in [0.1, 0.15) is 0 Å². The third-order valence-corrected chi connectivity index (χ3v) is 7.80. The summed E-state index contributed by atoms with van der Waals surface area (Å²) in [5.74, 6) is 1.41. The largest absolute Gasteiger partial charge is 0.289 e. The van der Waals surface area contributed by atoms with Crippen LogP contribution in [0, 0.1) is 11.8 Å². The summed E-state index contributed by atoms with van der Waals surface area (Å²) in [7, 11) is 0. The van der Waals surface area contributed by atoms with Crippen LogP contribution in [0.2, 0.25) is 0 Å². The topological polar surface area (TPSA) is 34.1 Å². The minimum Gasteiger partial charge on any atom is -0.289 e. The van der Waals surface area contributed by atoms with Crippen molar-refractivity contribution < 1.29 is 9.59 Å². The van der Waals surface area contributed by atoms with Gasteiger partial charge in [0.25, 0.3) is 0 Å². The number of hydrogen-bond acceptors (Lipinski definition) is 2. The van der Waals surface area contributed by atoms with E-state index in [0.29, 0.717) is 28.2 Å². The molecule has 1 aliphatic carbocycles. The Bertz CT molecular complexity index is 1170. The standard InChI is InChI=1S/C36H48O2/c1-25(2)11-7-13-27(5)15-9-17-29-19-21-31-33(23-29)36(38)34-24-30(20-22-32(34)35(31)37)18-10-16-28(6)14-8-12-26(3)4/h11,16,19-24,26-27H,7-10,12-15,17-18H2,1-6H3. The van der Waals surface area contributed by atoms with Gasteiger partial charge in [0.15, 0.2) is 11.6 Å². The first-order chi connectivity index (χ1) is 18.2. The van der Waals surface area contributed by atoms with E-state index < -0.39 is 0 Å². The molecule has 204 valence electrons. The number of carbonyl (C=O) groups excluding carboxylic acids is 2. The molecule has 2 heteroatoms. The molecular weight excluding hydrogens is 464 g/mol. The van der Waals surface area contributed by atoms with E-state index in [2.05, 4.69) is 53.7 Å². The van der Waals surface area contributed by atoms with Gasteiger partial charge in [-0.1, -0.05) is 81.2 Å². The third-order valence-electron chi connectivity index (χ3n) is 7.80. The minimum atomic E-state index is -0.0264. The molecule has 0 heterocycles. The molecule has 38 heavy (non-hydrogen) atoms. The fraction of sp³-hybridized carbons (Fsp3) is 0.500. The highest BCUT2D eigenvalue weighted by molar-refractivity contribution is 6.28. The summed E-state index contributed by atoms with van der Waals surface area (Å²) in [5, 5.41) is 0. The van der Waals surface area contributed by atoms with Crippen molar-refractivity contribution in [3.8, 4) is 0 Å². The van der Waals surface area contributed by atoms with Gasteiger partial charge in [0.05, 0.1) is 0 Å². The van der Waals surface area contributed by atoms with Crippen LogP contribution >= 0.6 is 0 Å². The Kier molecular flexibility index (Phi) is 11.3. The van der Waals surface area contributed by atoms with Crippen LogP contribution in [-0.4, -0.2) is 11.6 Å². The van der Waals surface area contributed by atoms with E-state index >= 15 is 0 Å². The highest BCUT2D eigenvalue weighted by Crippen LogP contribution is 2.30. The smallest absolute Gasteiger partial charge is 0.194 e. The molecule has 0 N–H and O–H groups in total. The van der Waals surface area contributed by atoms with Crippen molar-refractivity contribution in [2.24, 2.45) is 11.8 Å². The predicted molar refractivity (Wildman–Crippen MR) is 161 cm³/mol. The Morgan fingerprint density at radius 3 is 1.89 bits per heavy atom. The second-order valence-corrected chi connectivity index (χ2v) is 12.1. The molecule has 0 spiro atoms. The van der Waals surface area contributed by atoms with E-state index in [9.17, 15) is 9.59 Å². The van der Waals surface area contributed by atoms with Crippen LogP contribution in [0.25, 0.3) is 0 Å². The number of ketones is 2. The van der Waals surface area contributed by atoms with E-state index in [0.717, 1.165) is 55.6 Å². The number of allylic oxidation sites excluding steroid dienone is 4. The van der Waals surface area contributed by atoms with Gasteiger partial charge in [-0.3, -0.25) is 9.59 Å². The average molecular weight is 513 g/mol. The molecule has 2 nitrogen and oxygen atoms in total. The second kappa shape index (κ2) is 14.4. The first-order valence-corrected chi connectivity index (χ1v) is 14.8. The lowest BCUT2D eigenvalue weighted by atomic mass is 9.82. The van der Waals surface area contributed by atoms with E-state index in [1.165, 1.54) is 36.8 Å². The Morgan fingerprint density at radius 1 is 0.684 bits per heavy atom. The molecule has 2 aromatic rings.